The van der Waals surface area contributed by atoms with Crippen LogP contribution in [0.1, 0.15) is 56.5 Å². The Morgan fingerprint density at radius 2 is 1.65 bits per heavy atom. The van der Waals surface area contributed by atoms with Crippen molar-refractivity contribution in [1.29, 1.82) is 0 Å². The molecule has 0 unspecified atom stereocenters. The summed E-state index contributed by atoms with van der Waals surface area (Å²) >= 11 is 0. The third-order valence-corrected chi connectivity index (χ3v) is 3.78. The van der Waals surface area contributed by atoms with Crippen LogP contribution in [-0.4, -0.2) is 29.8 Å². The van der Waals surface area contributed by atoms with E-state index in [1.165, 1.54) is 5.56 Å². The molecule has 2 heteroatoms. The second-order valence-electron chi connectivity index (χ2n) is 6.08. The van der Waals surface area contributed by atoms with E-state index in [1.54, 1.807) is 0 Å². The molecule has 0 bridgehead atoms. The monoisotopic (exact) mass is 275 g/mol. The number of nitrogens with zero attached hydrogens (tertiary/aromatic N) is 1. The highest BCUT2D eigenvalue weighted by Gasteiger charge is 2.19. The first kappa shape index (κ1) is 16.9. The van der Waals surface area contributed by atoms with Crippen LogP contribution in [0.15, 0.2) is 24.3 Å². The smallest absolute Gasteiger partial charge is 0.176 e. The number of ketones is 1. The standard InChI is InChI=1S/C18H29NO/c1-6-17(7-2)19(12-14(3)4)13-18(20)16-10-8-15(5)9-11-16/h8-11,14,17H,6-7,12-13H2,1-5H3. The summed E-state index contributed by atoms with van der Waals surface area (Å²) in [4.78, 5) is 14.8. The van der Waals surface area contributed by atoms with Gasteiger partial charge in [0.15, 0.2) is 5.78 Å². The molecule has 0 heterocycles. The van der Waals surface area contributed by atoms with Crippen LogP contribution >= 0.6 is 0 Å². The highest BCUT2D eigenvalue weighted by Crippen LogP contribution is 2.13. The van der Waals surface area contributed by atoms with E-state index in [0.29, 0.717) is 18.5 Å². The molecule has 1 rings (SSSR count). The van der Waals surface area contributed by atoms with E-state index in [4.69, 9.17) is 0 Å². The van der Waals surface area contributed by atoms with Gasteiger partial charge in [-0.2, -0.15) is 0 Å². The summed E-state index contributed by atoms with van der Waals surface area (Å²) in [5, 5.41) is 0. The van der Waals surface area contributed by atoms with Crippen LogP contribution in [0.3, 0.4) is 0 Å². The van der Waals surface area contributed by atoms with Crippen molar-refractivity contribution in [2.45, 2.75) is 53.5 Å². The lowest BCUT2D eigenvalue weighted by Crippen LogP contribution is -2.40. The van der Waals surface area contributed by atoms with Crippen molar-refractivity contribution in [2.75, 3.05) is 13.1 Å². The van der Waals surface area contributed by atoms with Gasteiger partial charge in [0.1, 0.15) is 0 Å². The predicted molar refractivity (Wildman–Crippen MR) is 86.3 cm³/mol. The summed E-state index contributed by atoms with van der Waals surface area (Å²) in [5.41, 5.74) is 2.02. The summed E-state index contributed by atoms with van der Waals surface area (Å²) in [6.07, 6.45) is 2.20. The third kappa shape index (κ3) is 5.09. The largest absolute Gasteiger partial charge is 0.293 e. The molecule has 0 aliphatic heterocycles. The Labute approximate surface area is 124 Å². The second-order valence-corrected chi connectivity index (χ2v) is 6.08. The fourth-order valence-corrected chi connectivity index (χ4v) is 2.63. The minimum atomic E-state index is 0.234. The lowest BCUT2D eigenvalue weighted by atomic mass is 10.0. The minimum Gasteiger partial charge on any atom is -0.293 e. The lowest BCUT2D eigenvalue weighted by Gasteiger charge is -2.31. The predicted octanol–water partition coefficient (Wildman–Crippen LogP) is 4.32. The van der Waals surface area contributed by atoms with Crippen molar-refractivity contribution in [3.8, 4) is 0 Å². The van der Waals surface area contributed by atoms with Crippen LogP contribution in [0, 0.1) is 12.8 Å². The first-order chi connectivity index (χ1) is 9.47. The third-order valence-electron chi connectivity index (χ3n) is 3.78. The average molecular weight is 275 g/mol. The Balaban J connectivity index is 2.77. The van der Waals surface area contributed by atoms with Crippen LogP contribution < -0.4 is 0 Å². The number of carbonyl (C=O) groups is 1. The van der Waals surface area contributed by atoms with Gasteiger partial charge in [-0.1, -0.05) is 57.5 Å². The molecular formula is C18H29NO. The van der Waals surface area contributed by atoms with Crippen LogP contribution in [0.25, 0.3) is 0 Å². The van der Waals surface area contributed by atoms with Gasteiger partial charge in [-0.25, -0.2) is 0 Å². The van der Waals surface area contributed by atoms with Crippen LogP contribution in [-0.2, 0) is 0 Å². The van der Waals surface area contributed by atoms with E-state index in [0.717, 1.165) is 24.9 Å². The maximum absolute atomic E-state index is 12.4. The molecule has 0 aliphatic rings. The molecule has 0 fully saturated rings. The van der Waals surface area contributed by atoms with Crippen molar-refractivity contribution < 1.29 is 4.79 Å². The summed E-state index contributed by atoms with van der Waals surface area (Å²) in [6, 6.07) is 8.41. The van der Waals surface area contributed by atoms with Gasteiger partial charge in [0.05, 0.1) is 6.54 Å². The van der Waals surface area contributed by atoms with Gasteiger partial charge in [0.25, 0.3) is 0 Å². The zero-order chi connectivity index (χ0) is 15.1. The van der Waals surface area contributed by atoms with Crippen LogP contribution in [0.5, 0.6) is 0 Å². The van der Waals surface area contributed by atoms with E-state index in [2.05, 4.69) is 32.6 Å². The van der Waals surface area contributed by atoms with E-state index in [9.17, 15) is 4.79 Å². The van der Waals surface area contributed by atoms with Crippen molar-refractivity contribution in [3.05, 3.63) is 35.4 Å². The quantitative estimate of drug-likeness (QED) is 0.658. The van der Waals surface area contributed by atoms with Gasteiger partial charge >= 0.3 is 0 Å². The number of carbonyl (C=O) groups excluding carboxylic acids is 1. The fraction of sp³-hybridized carbons (Fsp3) is 0.611. The molecule has 0 N–H and O–H groups in total. The highest BCUT2D eigenvalue weighted by atomic mass is 16.1. The second kappa shape index (κ2) is 8.21. The zero-order valence-electron chi connectivity index (χ0n) is 13.6. The van der Waals surface area contributed by atoms with Crippen molar-refractivity contribution >= 4 is 5.78 Å². The number of hydrogen-bond acceptors (Lipinski definition) is 2. The van der Waals surface area contributed by atoms with Gasteiger partial charge in [0.2, 0.25) is 0 Å². The molecule has 2 nitrogen and oxygen atoms in total. The topological polar surface area (TPSA) is 20.3 Å². The van der Waals surface area contributed by atoms with Gasteiger partial charge < -0.3 is 0 Å². The Morgan fingerprint density at radius 1 is 1.10 bits per heavy atom. The average Bonchev–Trinajstić information content (AvgIpc) is 2.40. The first-order valence-electron chi connectivity index (χ1n) is 7.81. The Bertz CT molecular complexity index is 404. The van der Waals surface area contributed by atoms with Crippen LogP contribution in [0.4, 0.5) is 0 Å². The highest BCUT2D eigenvalue weighted by molar-refractivity contribution is 5.97. The molecule has 0 aliphatic carbocycles. The normalized spacial score (nSPS) is 11.6. The van der Waals surface area contributed by atoms with E-state index in [1.807, 2.05) is 31.2 Å². The summed E-state index contributed by atoms with van der Waals surface area (Å²) in [6.45, 7) is 12.4. The summed E-state index contributed by atoms with van der Waals surface area (Å²) in [7, 11) is 0. The molecule has 1 aromatic carbocycles. The van der Waals surface area contributed by atoms with E-state index >= 15 is 0 Å². The molecule has 20 heavy (non-hydrogen) atoms. The molecule has 1 aromatic rings. The van der Waals surface area contributed by atoms with Crippen molar-refractivity contribution in [3.63, 3.8) is 0 Å². The zero-order valence-corrected chi connectivity index (χ0v) is 13.6. The molecule has 0 radical (unpaired) electrons. The van der Waals surface area contributed by atoms with Crippen molar-refractivity contribution in [2.24, 2.45) is 5.92 Å². The molecule has 0 spiro atoms. The summed E-state index contributed by atoms with van der Waals surface area (Å²) in [5.74, 6) is 0.818. The van der Waals surface area contributed by atoms with Gasteiger partial charge in [-0.05, 0) is 25.7 Å². The number of hydrogen-bond donors (Lipinski definition) is 0. The minimum absolute atomic E-state index is 0.234. The molecular weight excluding hydrogens is 246 g/mol. The van der Waals surface area contributed by atoms with Crippen molar-refractivity contribution in [1.82, 2.24) is 4.90 Å². The van der Waals surface area contributed by atoms with Gasteiger partial charge in [-0.15, -0.1) is 0 Å². The molecule has 0 aromatic heterocycles. The SMILES string of the molecule is CCC(CC)N(CC(=O)c1ccc(C)cc1)CC(C)C. The maximum atomic E-state index is 12.4. The summed E-state index contributed by atoms with van der Waals surface area (Å²) < 4.78 is 0. The first-order valence-corrected chi connectivity index (χ1v) is 7.81. The number of benzene rings is 1. The molecule has 0 saturated heterocycles. The molecule has 0 amide bonds. The lowest BCUT2D eigenvalue weighted by molar-refractivity contribution is 0.0866. The number of Topliss-reactive ketones (excluding diaryl/α,β-unsaturated/α-hetero) is 1. The Hall–Kier alpha value is -1.15. The molecule has 0 atom stereocenters. The maximum Gasteiger partial charge on any atom is 0.176 e. The fourth-order valence-electron chi connectivity index (χ4n) is 2.63. The van der Waals surface area contributed by atoms with Crippen LogP contribution in [0.2, 0.25) is 0 Å². The van der Waals surface area contributed by atoms with E-state index < -0.39 is 0 Å². The van der Waals surface area contributed by atoms with Gasteiger partial charge in [-0.3, -0.25) is 9.69 Å². The van der Waals surface area contributed by atoms with Gasteiger partial charge in [0, 0.05) is 18.2 Å². The molecule has 0 saturated carbocycles. The number of rotatable bonds is 8. The molecule has 112 valence electrons. The number of aryl methyl sites for hydroxylation is 1. The Kier molecular flexibility index (Phi) is 6.94. The van der Waals surface area contributed by atoms with E-state index in [-0.39, 0.29) is 5.78 Å². The Morgan fingerprint density at radius 3 is 2.10 bits per heavy atom.